The van der Waals surface area contributed by atoms with Crippen molar-refractivity contribution in [3.05, 3.63) is 34.9 Å². The topological polar surface area (TPSA) is 23.8 Å². The molecule has 1 aromatic rings. The Bertz CT molecular complexity index is 427. The van der Waals surface area contributed by atoms with Gasteiger partial charge >= 0.3 is 0 Å². The first-order chi connectivity index (χ1) is 6.81. The molecule has 0 saturated heterocycles. The van der Waals surface area contributed by atoms with Crippen LogP contribution >= 0.6 is 0 Å². The lowest BCUT2D eigenvalue weighted by atomic mass is 9.90. The smallest absolute Gasteiger partial charge is 0.0991 e. The molecule has 2 aliphatic carbocycles. The summed E-state index contributed by atoms with van der Waals surface area (Å²) < 4.78 is 0. The van der Waals surface area contributed by atoms with Crippen LogP contribution in [-0.4, -0.2) is 0 Å². The minimum Gasteiger partial charge on any atom is -0.192 e. The second-order valence-electron chi connectivity index (χ2n) is 4.61. The third kappa shape index (κ3) is 0.944. The molecule has 0 heterocycles. The van der Waals surface area contributed by atoms with Crippen LogP contribution in [0.2, 0.25) is 0 Å². The van der Waals surface area contributed by atoms with Gasteiger partial charge in [-0.05, 0) is 53.9 Å². The van der Waals surface area contributed by atoms with Gasteiger partial charge in [0.2, 0.25) is 0 Å². The molecule has 3 unspecified atom stereocenters. The molecule has 0 aliphatic heterocycles. The molecule has 2 aliphatic rings. The van der Waals surface area contributed by atoms with E-state index < -0.39 is 0 Å². The van der Waals surface area contributed by atoms with Crippen molar-refractivity contribution in [2.24, 2.45) is 11.8 Å². The molecule has 0 aromatic heterocycles. The Hall–Kier alpha value is -1.29. The molecule has 1 heteroatoms. The number of aryl methyl sites for hydroxylation is 1. The van der Waals surface area contributed by atoms with E-state index in [0.717, 1.165) is 23.3 Å². The minimum absolute atomic E-state index is 0.812. The Kier molecular flexibility index (Phi) is 1.50. The summed E-state index contributed by atoms with van der Waals surface area (Å²) in [6.45, 7) is 2.35. The van der Waals surface area contributed by atoms with Gasteiger partial charge in [0, 0.05) is 0 Å². The molecule has 70 valence electrons. The highest BCUT2D eigenvalue weighted by Gasteiger charge is 2.49. The zero-order valence-corrected chi connectivity index (χ0v) is 8.33. The zero-order chi connectivity index (χ0) is 9.71. The Morgan fingerprint density at radius 2 is 2.29 bits per heavy atom. The second-order valence-corrected chi connectivity index (χ2v) is 4.61. The number of benzene rings is 1. The number of nitriles is 1. The Balaban J connectivity index is 2.07. The quantitative estimate of drug-likeness (QED) is 0.606. The minimum atomic E-state index is 0.812. The van der Waals surface area contributed by atoms with E-state index in [2.05, 4.69) is 25.1 Å². The predicted octanol–water partition coefficient (Wildman–Crippen LogP) is 2.85. The molecule has 0 spiro atoms. The third-order valence-corrected chi connectivity index (χ3v) is 3.94. The summed E-state index contributed by atoms with van der Waals surface area (Å²) in [5.74, 6) is 2.63. The van der Waals surface area contributed by atoms with Gasteiger partial charge in [0.15, 0.2) is 0 Å². The van der Waals surface area contributed by atoms with Crippen LogP contribution in [0.3, 0.4) is 0 Å². The van der Waals surface area contributed by atoms with E-state index in [4.69, 9.17) is 5.26 Å². The van der Waals surface area contributed by atoms with Gasteiger partial charge in [0.05, 0.1) is 11.6 Å². The Morgan fingerprint density at radius 3 is 3.07 bits per heavy atom. The van der Waals surface area contributed by atoms with Crippen LogP contribution in [-0.2, 0) is 6.42 Å². The summed E-state index contributed by atoms with van der Waals surface area (Å²) in [5.41, 5.74) is 3.76. The fraction of sp³-hybridized carbons (Fsp3) is 0.462. The van der Waals surface area contributed by atoms with Crippen LogP contribution in [0.4, 0.5) is 0 Å². The van der Waals surface area contributed by atoms with Crippen molar-refractivity contribution < 1.29 is 0 Å². The van der Waals surface area contributed by atoms with Gasteiger partial charge in [-0.25, -0.2) is 0 Å². The van der Waals surface area contributed by atoms with Crippen molar-refractivity contribution in [1.82, 2.24) is 0 Å². The normalized spacial score (nSPS) is 32.7. The molecule has 0 bridgehead atoms. The van der Waals surface area contributed by atoms with Gasteiger partial charge in [-0.1, -0.05) is 13.0 Å². The fourth-order valence-electron chi connectivity index (χ4n) is 3.04. The molecular formula is C13H13N. The maximum Gasteiger partial charge on any atom is 0.0991 e. The van der Waals surface area contributed by atoms with Gasteiger partial charge in [-0.2, -0.15) is 5.26 Å². The van der Waals surface area contributed by atoms with Gasteiger partial charge < -0.3 is 0 Å². The lowest BCUT2D eigenvalue weighted by Gasteiger charge is -2.14. The van der Waals surface area contributed by atoms with Crippen LogP contribution in [0.25, 0.3) is 0 Å². The van der Waals surface area contributed by atoms with E-state index in [0.29, 0.717) is 0 Å². The third-order valence-electron chi connectivity index (χ3n) is 3.94. The number of hydrogen-bond acceptors (Lipinski definition) is 1. The van der Waals surface area contributed by atoms with Crippen molar-refractivity contribution in [3.8, 4) is 6.07 Å². The van der Waals surface area contributed by atoms with Crippen LogP contribution in [0.15, 0.2) is 18.2 Å². The summed E-state index contributed by atoms with van der Waals surface area (Å²) in [7, 11) is 0. The molecule has 1 saturated carbocycles. The Morgan fingerprint density at radius 1 is 1.43 bits per heavy atom. The van der Waals surface area contributed by atoms with Crippen LogP contribution in [0.5, 0.6) is 0 Å². The number of nitrogens with zero attached hydrogens (tertiary/aromatic N) is 1. The Labute approximate surface area is 84.4 Å². The van der Waals surface area contributed by atoms with E-state index in [1.54, 1.807) is 0 Å². The summed E-state index contributed by atoms with van der Waals surface area (Å²) in [5, 5.41) is 8.82. The second kappa shape index (κ2) is 2.60. The summed E-state index contributed by atoms with van der Waals surface area (Å²) in [6.07, 6.45) is 2.50. The first-order valence-corrected chi connectivity index (χ1v) is 5.34. The highest BCUT2D eigenvalue weighted by Crippen LogP contribution is 2.59. The van der Waals surface area contributed by atoms with Gasteiger partial charge in [-0.3, -0.25) is 0 Å². The average Bonchev–Trinajstić information content (AvgIpc) is 2.89. The molecule has 3 rings (SSSR count). The van der Waals surface area contributed by atoms with E-state index >= 15 is 0 Å². The molecule has 1 fully saturated rings. The fourth-order valence-corrected chi connectivity index (χ4v) is 3.04. The van der Waals surface area contributed by atoms with Crippen molar-refractivity contribution in [1.29, 1.82) is 5.26 Å². The van der Waals surface area contributed by atoms with E-state index in [1.165, 1.54) is 24.0 Å². The summed E-state index contributed by atoms with van der Waals surface area (Å²) in [4.78, 5) is 0. The molecule has 0 N–H and O–H groups in total. The summed E-state index contributed by atoms with van der Waals surface area (Å²) >= 11 is 0. The molecule has 1 nitrogen and oxygen atoms in total. The molecule has 1 aromatic carbocycles. The maximum absolute atomic E-state index is 8.82. The van der Waals surface area contributed by atoms with Crippen molar-refractivity contribution in [3.63, 3.8) is 0 Å². The maximum atomic E-state index is 8.82. The van der Waals surface area contributed by atoms with Crippen molar-refractivity contribution in [2.45, 2.75) is 25.7 Å². The predicted molar refractivity (Wildman–Crippen MR) is 54.9 cm³/mol. The zero-order valence-electron chi connectivity index (χ0n) is 8.33. The SMILES string of the molecule is CC1C2CCc3cc(C#N)ccc3C12. The molecule has 0 amide bonds. The van der Waals surface area contributed by atoms with Crippen molar-refractivity contribution >= 4 is 0 Å². The molecular weight excluding hydrogens is 170 g/mol. The first-order valence-electron chi connectivity index (χ1n) is 5.34. The monoisotopic (exact) mass is 183 g/mol. The first kappa shape index (κ1) is 8.05. The lowest BCUT2D eigenvalue weighted by molar-refractivity contribution is 0.646. The molecule has 14 heavy (non-hydrogen) atoms. The van der Waals surface area contributed by atoms with Crippen LogP contribution in [0, 0.1) is 23.2 Å². The van der Waals surface area contributed by atoms with E-state index in [9.17, 15) is 0 Å². The largest absolute Gasteiger partial charge is 0.192 e. The highest BCUT2D eigenvalue weighted by molar-refractivity contribution is 5.44. The summed E-state index contributed by atoms with van der Waals surface area (Å²) in [6, 6.07) is 8.44. The highest BCUT2D eigenvalue weighted by atomic mass is 14.5. The van der Waals surface area contributed by atoms with Crippen molar-refractivity contribution in [2.75, 3.05) is 0 Å². The molecule has 3 atom stereocenters. The van der Waals surface area contributed by atoms with Crippen LogP contribution in [0.1, 0.15) is 36.0 Å². The van der Waals surface area contributed by atoms with Gasteiger partial charge in [0.1, 0.15) is 0 Å². The standard InChI is InChI=1S/C13H13N/c1-8-11-5-3-10-6-9(7-14)2-4-12(10)13(8)11/h2,4,6,8,11,13H,3,5H2,1H3. The number of rotatable bonds is 0. The van der Waals surface area contributed by atoms with E-state index in [-0.39, 0.29) is 0 Å². The van der Waals surface area contributed by atoms with Gasteiger partial charge in [0.25, 0.3) is 0 Å². The van der Waals surface area contributed by atoms with Crippen LogP contribution < -0.4 is 0 Å². The number of fused-ring (bicyclic) bond motifs is 3. The average molecular weight is 183 g/mol. The van der Waals surface area contributed by atoms with Gasteiger partial charge in [-0.15, -0.1) is 0 Å². The lowest BCUT2D eigenvalue weighted by Crippen LogP contribution is -2.01. The number of hydrogen-bond donors (Lipinski definition) is 0. The molecule has 0 radical (unpaired) electrons. The van der Waals surface area contributed by atoms with E-state index in [1.807, 2.05) is 6.07 Å².